The summed E-state index contributed by atoms with van der Waals surface area (Å²) < 4.78 is 45.9. The molecule has 0 bridgehead atoms. The molecule has 0 saturated heterocycles. The van der Waals surface area contributed by atoms with E-state index in [0.717, 1.165) is 35.6 Å². The molecule has 1 aliphatic carbocycles. The van der Waals surface area contributed by atoms with Crippen LogP contribution in [0.25, 0.3) is 0 Å². The lowest BCUT2D eigenvalue weighted by molar-refractivity contribution is -0.140. The van der Waals surface area contributed by atoms with E-state index in [1.807, 2.05) is 6.92 Å². The summed E-state index contributed by atoms with van der Waals surface area (Å²) in [5.74, 6) is -0.193. The SMILES string of the molecule is CC[C@@H](C(=O)NC1CCCC1)N(Cc1ccc(Cl)cc1)C(=O)CN(c1cc(Cl)ccc1OC)S(=O)(=O)c1ccc(OC)c(OC)c1. The Morgan fingerprint density at radius 2 is 1.48 bits per heavy atom. The first-order valence-electron chi connectivity index (χ1n) is 14.9. The van der Waals surface area contributed by atoms with E-state index in [4.69, 9.17) is 37.4 Å². The first-order valence-corrected chi connectivity index (χ1v) is 17.1. The number of sulfonamides is 1. The van der Waals surface area contributed by atoms with Crippen LogP contribution in [0.15, 0.2) is 65.6 Å². The largest absolute Gasteiger partial charge is 0.495 e. The third kappa shape index (κ3) is 8.18. The Morgan fingerprint density at radius 1 is 0.870 bits per heavy atom. The summed E-state index contributed by atoms with van der Waals surface area (Å²) in [6.45, 7) is 1.21. The van der Waals surface area contributed by atoms with Crippen molar-refractivity contribution in [2.24, 2.45) is 0 Å². The number of nitrogens with one attached hydrogen (secondary N) is 1. The molecule has 2 amide bonds. The van der Waals surface area contributed by atoms with Crippen molar-refractivity contribution in [3.63, 3.8) is 0 Å². The number of rotatable bonds is 14. The predicted octanol–water partition coefficient (Wildman–Crippen LogP) is 6.08. The summed E-state index contributed by atoms with van der Waals surface area (Å²) >= 11 is 12.5. The molecule has 1 atom stereocenters. The topological polar surface area (TPSA) is 114 Å². The molecule has 3 aromatic rings. The Kier molecular flexibility index (Phi) is 12.0. The maximum absolute atomic E-state index is 14.4. The van der Waals surface area contributed by atoms with Crippen molar-refractivity contribution in [2.45, 2.75) is 62.6 Å². The Balaban J connectivity index is 1.80. The van der Waals surface area contributed by atoms with E-state index in [1.54, 1.807) is 30.3 Å². The van der Waals surface area contributed by atoms with Gasteiger partial charge in [-0.2, -0.15) is 0 Å². The molecule has 0 unspecified atom stereocenters. The van der Waals surface area contributed by atoms with Crippen molar-refractivity contribution in [3.8, 4) is 17.2 Å². The number of carbonyl (C=O) groups is 2. The molecule has 0 radical (unpaired) electrons. The standard InChI is InChI=1S/C33H39Cl2N3O7S/c1-5-27(33(40)36-25-8-6-7-9-25)37(20-22-10-12-23(34)13-11-22)32(39)21-38(28-18-24(35)14-16-29(28)43-2)46(41,42)26-15-17-30(44-3)31(19-26)45-4/h10-19,25,27H,5-9,20-21H2,1-4H3,(H,36,40)/t27-/m0/s1. The van der Waals surface area contributed by atoms with Crippen LogP contribution >= 0.6 is 23.2 Å². The molecule has 1 fully saturated rings. The summed E-state index contributed by atoms with van der Waals surface area (Å²) in [6.07, 6.45) is 4.11. The summed E-state index contributed by atoms with van der Waals surface area (Å²) in [7, 11) is -0.219. The highest BCUT2D eigenvalue weighted by Gasteiger charge is 2.36. The minimum absolute atomic E-state index is 0.0340. The van der Waals surface area contributed by atoms with Gasteiger partial charge in [0.1, 0.15) is 18.3 Å². The maximum Gasteiger partial charge on any atom is 0.265 e. The van der Waals surface area contributed by atoms with Gasteiger partial charge in [0.2, 0.25) is 11.8 Å². The van der Waals surface area contributed by atoms with Crippen LogP contribution in [0.1, 0.15) is 44.6 Å². The number of benzene rings is 3. The Morgan fingerprint density at radius 3 is 2.09 bits per heavy atom. The van der Waals surface area contributed by atoms with Crippen LogP contribution in [-0.4, -0.2) is 65.1 Å². The van der Waals surface area contributed by atoms with Crippen LogP contribution in [0.3, 0.4) is 0 Å². The van der Waals surface area contributed by atoms with Crippen molar-refractivity contribution < 1.29 is 32.2 Å². The van der Waals surface area contributed by atoms with Crippen LogP contribution in [0, 0.1) is 0 Å². The average molecular weight is 693 g/mol. The highest BCUT2D eigenvalue weighted by molar-refractivity contribution is 7.92. The smallest absolute Gasteiger partial charge is 0.265 e. The highest BCUT2D eigenvalue weighted by atomic mass is 35.5. The maximum atomic E-state index is 14.4. The van der Waals surface area contributed by atoms with E-state index in [1.165, 1.54) is 56.6 Å². The van der Waals surface area contributed by atoms with Gasteiger partial charge in [-0.25, -0.2) is 8.42 Å². The van der Waals surface area contributed by atoms with E-state index < -0.39 is 28.5 Å². The molecular formula is C33H39Cl2N3O7S. The molecule has 0 aliphatic heterocycles. The molecule has 248 valence electrons. The van der Waals surface area contributed by atoms with Crippen LogP contribution in [0.2, 0.25) is 10.0 Å². The van der Waals surface area contributed by atoms with Crippen molar-refractivity contribution in [1.29, 1.82) is 0 Å². The van der Waals surface area contributed by atoms with Gasteiger partial charge in [0.25, 0.3) is 10.0 Å². The molecular weight excluding hydrogens is 653 g/mol. The van der Waals surface area contributed by atoms with Crippen molar-refractivity contribution in [1.82, 2.24) is 10.2 Å². The zero-order chi connectivity index (χ0) is 33.4. The number of hydrogen-bond acceptors (Lipinski definition) is 7. The van der Waals surface area contributed by atoms with Crippen LogP contribution in [-0.2, 0) is 26.2 Å². The van der Waals surface area contributed by atoms with Crippen molar-refractivity contribution in [2.75, 3.05) is 32.2 Å². The fourth-order valence-corrected chi connectivity index (χ4v) is 7.27. The molecule has 3 aromatic carbocycles. The molecule has 0 aromatic heterocycles. The third-order valence-corrected chi connectivity index (χ3v) is 10.2. The molecule has 1 aliphatic rings. The van der Waals surface area contributed by atoms with Gasteiger partial charge >= 0.3 is 0 Å². The third-order valence-electron chi connectivity index (χ3n) is 7.99. The molecule has 1 saturated carbocycles. The number of anilines is 1. The van der Waals surface area contributed by atoms with Gasteiger partial charge in [-0.3, -0.25) is 13.9 Å². The minimum atomic E-state index is -4.45. The zero-order valence-corrected chi connectivity index (χ0v) is 28.6. The summed E-state index contributed by atoms with van der Waals surface area (Å²) in [6, 6.07) is 14.7. The second kappa shape index (κ2) is 15.8. The number of halogens is 2. The molecule has 13 heteroatoms. The minimum Gasteiger partial charge on any atom is -0.495 e. The van der Waals surface area contributed by atoms with Crippen LogP contribution in [0.5, 0.6) is 17.2 Å². The number of hydrogen-bond donors (Lipinski definition) is 1. The summed E-state index contributed by atoms with van der Waals surface area (Å²) in [5.41, 5.74) is 0.771. The number of amides is 2. The van der Waals surface area contributed by atoms with E-state index in [9.17, 15) is 18.0 Å². The van der Waals surface area contributed by atoms with E-state index in [0.29, 0.717) is 17.2 Å². The fourth-order valence-electron chi connectivity index (χ4n) is 5.55. The fraction of sp³-hybridized carbons (Fsp3) is 0.394. The molecule has 1 N–H and O–H groups in total. The lowest BCUT2D eigenvalue weighted by Gasteiger charge is -2.34. The highest BCUT2D eigenvalue weighted by Crippen LogP contribution is 2.37. The Hall–Kier alpha value is -3.67. The van der Waals surface area contributed by atoms with Gasteiger partial charge in [0.05, 0.1) is 31.9 Å². The second-order valence-electron chi connectivity index (χ2n) is 10.9. The molecule has 10 nitrogen and oxygen atoms in total. The summed E-state index contributed by atoms with van der Waals surface area (Å²) in [4.78, 5) is 29.3. The van der Waals surface area contributed by atoms with Gasteiger partial charge in [-0.1, -0.05) is 55.1 Å². The first kappa shape index (κ1) is 35.2. The van der Waals surface area contributed by atoms with Gasteiger partial charge in [-0.15, -0.1) is 0 Å². The van der Waals surface area contributed by atoms with E-state index >= 15 is 0 Å². The van der Waals surface area contributed by atoms with Gasteiger partial charge < -0.3 is 24.4 Å². The Labute approximate surface area is 280 Å². The number of nitrogens with zero attached hydrogens (tertiary/aromatic N) is 2. The normalized spacial score (nSPS) is 14.0. The molecule has 0 heterocycles. The number of ether oxygens (including phenoxy) is 3. The monoisotopic (exact) mass is 691 g/mol. The summed E-state index contributed by atoms with van der Waals surface area (Å²) in [5, 5.41) is 3.86. The van der Waals surface area contributed by atoms with Crippen LogP contribution < -0.4 is 23.8 Å². The Bertz CT molecular complexity index is 1630. The van der Waals surface area contributed by atoms with Gasteiger partial charge in [0, 0.05) is 28.7 Å². The van der Waals surface area contributed by atoms with E-state index in [-0.39, 0.29) is 45.6 Å². The van der Waals surface area contributed by atoms with E-state index in [2.05, 4.69) is 5.32 Å². The lowest BCUT2D eigenvalue weighted by atomic mass is 10.1. The van der Waals surface area contributed by atoms with Gasteiger partial charge in [-0.05, 0) is 67.3 Å². The first-order chi connectivity index (χ1) is 22.0. The number of carbonyl (C=O) groups excluding carboxylic acids is 2. The predicted molar refractivity (Wildman–Crippen MR) is 179 cm³/mol. The molecule has 46 heavy (non-hydrogen) atoms. The lowest BCUT2D eigenvalue weighted by Crippen LogP contribution is -2.53. The van der Waals surface area contributed by atoms with Crippen molar-refractivity contribution >= 4 is 50.7 Å². The van der Waals surface area contributed by atoms with Crippen molar-refractivity contribution in [3.05, 3.63) is 76.3 Å². The zero-order valence-electron chi connectivity index (χ0n) is 26.3. The average Bonchev–Trinajstić information content (AvgIpc) is 3.56. The van der Waals surface area contributed by atoms with Crippen LogP contribution in [0.4, 0.5) is 5.69 Å². The second-order valence-corrected chi connectivity index (χ2v) is 13.6. The number of methoxy groups -OCH3 is 3. The quantitative estimate of drug-likeness (QED) is 0.218. The molecule has 4 rings (SSSR count). The van der Waals surface area contributed by atoms with Gasteiger partial charge in [0.15, 0.2) is 11.5 Å². The molecule has 0 spiro atoms.